The number of halogens is 6. The van der Waals surface area contributed by atoms with E-state index in [-0.39, 0.29) is 24.0 Å². The fraction of sp³-hybridized carbons (Fsp3) is 0.381. The van der Waals surface area contributed by atoms with Gasteiger partial charge in [0.25, 0.3) is 0 Å². The highest BCUT2D eigenvalue weighted by atomic mass is 35.5. The Morgan fingerprint density at radius 1 is 1.18 bits per heavy atom. The normalized spacial score (nSPS) is 13.8. The van der Waals surface area contributed by atoms with Crippen molar-refractivity contribution in [2.24, 2.45) is 0 Å². The lowest BCUT2D eigenvalue weighted by Gasteiger charge is -2.10. The summed E-state index contributed by atoms with van der Waals surface area (Å²) in [5, 5.41) is 14.2. The van der Waals surface area contributed by atoms with Gasteiger partial charge in [0.2, 0.25) is 0 Å². The molecule has 1 aliphatic carbocycles. The van der Waals surface area contributed by atoms with Gasteiger partial charge in [0, 0.05) is 41.9 Å². The summed E-state index contributed by atoms with van der Waals surface area (Å²) in [5.41, 5.74) is -0.249. The minimum atomic E-state index is -4.59. The van der Waals surface area contributed by atoms with E-state index in [9.17, 15) is 17.6 Å². The maximum Gasteiger partial charge on any atom is 0.436 e. The number of anilines is 1. The highest BCUT2D eigenvalue weighted by Crippen LogP contribution is 2.46. The number of nitrogens with one attached hydrogen (secondary N) is 2. The Balaban J connectivity index is 1.27. The zero-order valence-electron chi connectivity index (χ0n) is 17.7. The van der Waals surface area contributed by atoms with E-state index in [0.29, 0.717) is 40.2 Å². The quantitative estimate of drug-likeness (QED) is 0.216. The van der Waals surface area contributed by atoms with Crippen LogP contribution in [0.4, 0.5) is 23.4 Å². The minimum absolute atomic E-state index is 0.0288. The maximum absolute atomic E-state index is 14.0. The molecule has 0 bridgehead atoms. The molecule has 34 heavy (non-hydrogen) atoms. The van der Waals surface area contributed by atoms with Gasteiger partial charge in [0.1, 0.15) is 5.82 Å². The number of nitrogens with zero attached hydrogens (tertiary/aromatic N) is 4. The second-order valence-corrected chi connectivity index (χ2v) is 9.07. The van der Waals surface area contributed by atoms with Crippen LogP contribution in [-0.2, 0) is 19.3 Å². The van der Waals surface area contributed by atoms with Crippen molar-refractivity contribution in [2.45, 2.75) is 44.4 Å². The Bertz CT molecular complexity index is 1170. The topological polar surface area (TPSA) is 59.7 Å². The lowest BCUT2D eigenvalue weighted by atomic mass is 10.2. The Kier molecular flexibility index (Phi) is 7.34. The first-order chi connectivity index (χ1) is 16.1. The van der Waals surface area contributed by atoms with Crippen LogP contribution in [0.15, 0.2) is 30.5 Å². The third-order valence-electron chi connectivity index (χ3n) is 5.26. The summed E-state index contributed by atoms with van der Waals surface area (Å²) in [4.78, 5) is 0. The Morgan fingerprint density at radius 2 is 1.94 bits per heavy atom. The average molecular weight is 535 g/mol. The molecule has 0 unspecified atom stereocenters. The molecule has 2 heterocycles. The standard InChI is InChI=1S/C21H20Cl2F4N6S/c22-14-3-1-4-15(24)13(14)11-32-10-7-16(30-32)29-20(34)28-8-2-9-33-18(12-5-6-12)17(23)19(31-33)21(25,26)27/h1,3-4,7,10,12H,2,5-6,8-9,11H2,(H2,28,29,30,34). The van der Waals surface area contributed by atoms with Crippen molar-refractivity contribution in [3.8, 4) is 0 Å². The number of aromatic nitrogens is 4. The maximum atomic E-state index is 14.0. The molecule has 0 spiro atoms. The highest BCUT2D eigenvalue weighted by molar-refractivity contribution is 7.80. The fourth-order valence-corrected chi connectivity index (χ4v) is 4.33. The van der Waals surface area contributed by atoms with Crippen LogP contribution in [0.3, 0.4) is 0 Å². The summed E-state index contributed by atoms with van der Waals surface area (Å²) in [6.45, 7) is 0.832. The predicted molar refractivity (Wildman–Crippen MR) is 126 cm³/mol. The van der Waals surface area contributed by atoms with Crippen LogP contribution in [0.25, 0.3) is 0 Å². The number of benzene rings is 1. The molecule has 2 aromatic heterocycles. The van der Waals surface area contributed by atoms with Gasteiger partial charge in [-0.1, -0.05) is 29.3 Å². The average Bonchev–Trinajstić information content (AvgIpc) is 3.40. The molecule has 0 atom stereocenters. The summed E-state index contributed by atoms with van der Waals surface area (Å²) < 4.78 is 56.3. The number of rotatable bonds is 8. The fourth-order valence-electron chi connectivity index (χ4n) is 3.50. The summed E-state index contributed by atoms with van der Waals surface area (Å²) in [5.74, 6) is 0.0659. The van der Waals surface area contributed by atoms with Crippen molar-refractivity contribution in [1.82, 2.24) is 24.9 Å². The molecule has 0 saturated heterocycles. The lowest BCUT2D eigenvalue weighted by molar-refractivity contribution is -0.141. The number of hydrogen-bond donors (Lipinski definition) is 2. The molecule has 0 radical (unpaired) electrons. The van der Waals surface area contributed by atoms with Crippen molar-refractivity contribution < 1.29 is 17.6 Å². The molecule has 3 aromatic rings. The van der Waals surface area contributed by atoms with E-state index in [1.165, 1.54) is 21.5 Å². The Morgan fingerprint density at radius 3 is 2.62 bits per heavy atom. The summed E-state index contributed by atoms with van der Waals surface area (Å²) in [7, 11) is 0. The minimum Gasteiger partial charge on any atom is -0.362 e. The number of thiocarbonyl (C=S) groups is 1. The van der Waals surface area contributed by atoms with E-state index < -0.39 is 17.7 Å². The molecular weight excluding hydrogens is 515 g/mol. The first-order valence-electron chi connectivity index (χ1n) is 10.5. The molecule has 0 aliphatic heterocycles. The van der Waals surface area contributed by atoms with Crippen LogP contribution >= 0.6 is 35.4 Å². The smallest absolute Gasteiger partial charge is 0.362 e. The van der Waals surface area contributed by atoms with Gasteiger partial charge in [-0.25, -0.2) is 4.39 Å². The van der Waals surface area contributed by atoms with Gasteiger partial charge in [-0.05, 0) is 43.6 Å². The molecule has 0 amide bonds. The second kappa shape index (κ2) is 10.1. The van der Waals surface area contributed by atoms with E-state index in [4.69, 9.17) is 35.4 Å². The van der Waals surface area contributed by atoms with Crippen LogP contribution in [0, 0.1) is 5.82 Å². The highest BCUT2D eigenvalue weighted by Gasteiger charge is 2.41. The molecule has 2 N–H and O–H groups in total. The number of alkyl halides is 3. The van der Waals surface area contributed by atoms with Crippen molar-refractivity contribution in [1.29, 1.82) is 0 Å². The molecule has 1 fully saturated rings. The van der Waals surface area contributed by atoms with Crippen LogP contribution in [-0.4, -0.2) is 31.2 Å². The van der Waals surface area contributed by atoms with Crippen molar-refractivity contribution in [2.75, 3.05) is 11.9 Å². The van der Waals surface area contributed by atoms with E-state index in [2.05, 4.69) is 20.8 Å². The monoisotopic (exact) mass is 534 g/mol. The van der Waals surface area contributed by atoms with Gasteiger partial charge in [0.15, 0.2) is 16.6 Å². The van der Waals surface area contributed by atoms with Crippen molar-refractivity contribution >= 4 is 46.4 Å². The molecular formula is C21H20Cl2F4N6S. The van der Waals surface area contributed by atoms with Crippen molar-refractivity contribution in [3.05, 3.63) is 63.3 Å². The van der Waals surface area contributed by atoms with Gasteiger partial charge >= 0.3 is 6.18 Å². The zero-order chi connectivity index (χ0) is 24.5. The SMILES string of the molecule is Fc1cccc(Cl)c1Cn1ccc(NC(=S)NCCCn2nc(C(F)(F)F)c(Cl)c2C2CC2)n1. The molecule has 182 valence electrons. The molecule has 6 nitrogen and oxygen atoms in total. The number of aryl methyl sites for hydroxylation is 1. The number of hydrogen-bond acceptors (Lipinski definition) is 3. The third kappa shape index (κ3) is 5.81. The van der Waals surface area contributed by atoms with Gasteiger partial charge in [0.05, 0.1) is 17.3 Å². The third-order valence-corrected chi connectivity index (χ3v) is 6.23. The lowest BCUT2D eigenvalue weighted by Crippen LogP contribution is -2.30. The largest absolute Gasteiger partial charge is 0.436 e. The first kappa shape index (κ1) is 24.7. The van der Waals surface area contributed by atoms with E-state index >= 15 is 0 Å². The van der Waals surface area contributed by atoms with Crippen LogP contribution < -0.4 is 10.6 Å². The summed E-state index contributed by atoms with van der Waals surface area (Å²) >= 11 is 17.3. The van der Waals surface area contributed by atoms with Crippen molar-refractivity contribution in [3.63, 3.8) is 0 Å². The van der Waals surface area contributed by atoms with Gasteiger partial charge in [-0.3, -0.25) is 9.36 Å². The van der Waals surface area contributed by atoms with Gasteiger partial charge < -0.3 is 10.6 Å². The zero-order valence-corrected chi connectivity index (χ0v) is 20.0. The predicted octanol–water partition coefficient (Wildman–Crippen LogP) is 5.85. The Hall–Kier alpha value is -2.37. The van der Waals surface area contributed by atoms with Crippen LogP contribution in [0.1, 0.15) is 42.1 Å². The molecule has 13 heteroatoms. The molecule has 1 saturated carbocycles. The van der Waals surface area contributed by atoms with E-state index in [1.54, 1.807) is 18.3 Å². The summed E-state index contributed by atoms with van der Waals surface area (Å²) in [6, 6.07) is 6.15. The van der Waals surface area contributed by atoms with Crippen LogP contribution in [0.5, 0.6) is 0 Å². The Labute approximate surface area is 208 Å². The van der Waals surface area contributed by atoms with Gasteiger partial charge in [-0.2, -0.15) is 23.4 Å². The second-order valence-electron chi connectivity index (χ2n) is 7.88. The summed E-state index contributed by atoms with van der Waals surface area (Å²) in [6.07, 6.45) is -0.823. The van der Waals surface area contributed by atoms with E-state index in [1.807, 2.05) is 0 Å². The van der Waals surface area contributed by atoms with E-state index in [0.717, 1.165) is 12.8 Å². The van der Waals surface area contributed by atoms with Gasteiger partial charge in [-0.15, -0.1) is 0 Å². The van der Waals surface area contributed by atoms with Crippen LogP contribution in [0.2, 0.25) is 10.0 Å². The molecule has 1 aliphatic rings. The molecule has 1 aromatic carbocycles. The first-order valence-corrected chi connectivity index (χ1v) is 11.6. The molecule has 4 rings (SSSR count).